The highest BCUT2D eigenvalue weighted by molar-refractivity contribution is 5.74. The summed E-state index contributed by atoms with van der Waals surface area (Å²) in [4.78, 5) is 10.6. The van der Waals surface area contributed by atoms with Gasteiger partial charge in [0.2, 0.25) is 0 Å². The Hall–Kier alpha value is -2.14. The van der Waals surface area contributed by atoms with E-state index in [2.05, 4.69) is 27.2 Å². The van der Waals surface area contributed by atoms with Gasteiger partial charge in [0, 0.05) is 6.07 Å². The van der Waals surface area contributed by atoms with Gasteiger partial charge in [-0.2, -0.15) is 0 Å². The topological polar surface area (TPSA) is 58.0 Å². The quantitative estimate of drug-likeness (QED) is 0.802. The highest BCUT2D eigenvalue weighted by Gasteiger charge is 2.27. The zero-order chi connectivity index (χ0) is 14.9. The number of hydrogen-bond acceptors (Lipinski definition) is 4. The van der Waals surface area contributed by atoms with Crippen LogP contribution in [0.5, 0.6) is 0 Å². The normalized spacial score (nSPS) is 19.8. The zero-order valence-electron chi connectivity index (χ0n) is 12.7. The van der Waals surface area contributed by atoms with E-state index >= 15 is 0 Å². The summed E-state index contributed by atoms with van der Waals surface area (Å²) < 4.78 is 5.26. The molecule has 0 saturated carbocycles. The average Bonchev–Trinajstić information content (AvgIpc) is 3.13. The van der Waals surface area contributed by atoms with E-state index in [1.165, 1.54) is 12.8 Å². The Kier molecular flexibility index (Phi) is 3.42. The Morgan fingerprint density at radius 1 is 1.32 bits per heavy atom. The summed E-state index contributed by atoms with van der Waals surface area (Å²) in [6.07, 6.45) is 3.60. The summed E-state index contributed by atoms with van der Waals surface area (Å²) in [6.45, 7) is 3.85. The predicted molar refractivity (Wildman–Crippen MR) is 84.3 cm³/mol. The van der Waals surface area contributed by atoms with Crippen LogP contribution in [-0.4, -0.2) is 26.6 Å². The molecule has 0 spiro atoms. The van der Waals surface area contributed by atoms with Crippen LogP contribution in [0.1, 0.15) is 42.6 Å². The Balaban J connectivity index is 1.59. The van der Waals surface area contributed by atoms with Gasteiger partial charge in [0.15, 0.2) is 0 Å². The van der Waals surface area contributed by atoms with E-state index in [1.54, 1.807) is 0 Å². The lowest BCUT2D eigenvalue weighted by molar-refractivity contribution is 0.131. The molecule has 114 valence electrons. The molecular formula is C17H20N4O. The lowest BCUT2D eigenvalue weighted by atomic mass is 9.99. The molecule has 1 saturated heterocycles. The second-order valence-electron chi connectivity index (χ2n) is 6.05. The predicted octanol–water partition coefficient (Wildman–Crippen LogP) is 3.59. The van der Waals surface area contributed by atoms with Gasteiger partial charge in [-0.3, -0.25) is 4.90 Å². The summed E-state index contributed by atoms with van der Waals surface area (Å²) >= 11 is 0. The first kappa shape index (κ1) is 13.5. The fourth-order valence-electron chi connectivity index (χ4n) is 3.33. The molecule has 1 atom stereocenters. The molecule has 1 aliphatic heterocycles. The highest BCUT2D eigenvalue weighted by atomic mass is 16.5. The van der Waals surface area contributed by atoms with E-state index < -0.39 is 0 Å². The summed E-state index contributed by atoms with van der Waals surface area (Å²) in [5, 5.41) is 4.23. The molecule has 3 heterocycles. The monoisotopic (exact) mass is 296 g/mol. The zero-order valence-corrected chi connectivity index (χ0v) is 12.7. The molecule has 0 radical (unpaired) electrons. The minimum Gasteiger partial charge on any atom is -0.361 e. The number of aromatic nitrogens is 3. The summed E-state index contributed by atoms with van der Waals surface area (Å²) in [7, 11) is 0. The number of likely N-dealkylation sites (tertiary alicyclic amines) is 1. The van der Waals surface area contributed by atoms with Crippen molar-refractivity contribution in [1.29, 1.82) is 0 Å². The van der Waals surface area contributed by atoms with Gasteiger partial charge < -0.3 is 9.51 Å². The van der Waals surface area contributed by atoms with Gasteiger partial charge in [-0.15, -0.1) is 0 Å². The Morgan fingerprint density at radius 2 is 2.23 bits per heavy atom. The van der Waals surface area contributed by atoms with Crippen molar-refractivity contribution < 1.29 is 4.52 Å². The smallest absolute Gasteiger partial charge is 0.133 e. The third-order valence-electron chi connectivity index (χ3n) is 4.39. The van der Waals surface area contributed by atoms with Gasteiger partial charge in [-0.05, 0) is 38.4 Å². The second-order valence-corrected chi connectivity index (χ2v) is 6.05. The van der Waals surface area contributed by atoms with Crippen LogP contribution in [0.2, 0.25) is 0 Å². The van der Waals surface area contributed by atoms with Gasteiger partial charge in [-0.25, -0.2) is 4.98 Å². The third-order valence-corrected chi connectivity index (χ3v) is 4.39. The highest BCUT2D eigenvalue weighted by Crippen LogP contribution is 2.31. The molecule has 5 heteroatoms. The Morgan fingerprint density at radius 3 is 3.05 bits per heavy atom. The summed E-state index contributed by atoms with van der Waals surface area (Å²) in [5.41, 5.74) is 3.18. The first-order valence-corrected chi connectivity index (χ1v) is 7.90. The van der Waals surface area contributed by atoms with Gasteiger partial charge in [0.05, 0.1) is 23.6 Å². The molecule has 1 aliphatic rings. The molecule has 1 unspecified atom stereocenters. The SMILES string of the molecule is Cc1cc(C2CCCCN2Cc2nc3ccccc3[nH]2)no1. The number of nitrogens with zero attached hydrogens (tertiary/aromatic N) is 3. The molecule has 1 fully saturated rings. The van der Waals surface area contributed by atoms with Crippen LogP contribution in [0.15, 0.2) is 34.9 Å². The van der Waals surface area contributed by atoms with Crippen molar-refractivity contribution in [2.24, 2.45) is 0 Å². The van der Waals surface area contributed by atoms with Crippen molar-refractivity contribution in [3.8, 4) is 0 Å². The number of benzene rings is 1. The molecule has 5 nitrogen and oxygen atoms in total. The molecule has 1 aromatic carbocycles. The molecule has 3 aromatic rings. The largest absolute Gasteiger partial charge is 0.361 e. The first-order chi connectivity index (χ1) is 10.8. The fourth-order valence-corrected chi connectivity index (χ4v) is 3.33. The van der Waals surface area contributed by atoms with E-state index in [1.807, 2.05) is 25.1 Å². The number of aromatic amines is 1. The number of hydrogen-bond donors (Lipinski definition) is 1. The maximum atomic E-state index is 5.26. The number of aryl methyl sites for hydroxylation is 1. The van der Waals surface area contributed by atoms with Crippen LogP contribution in [0.25, 0.3) is 11.0 Å². The maximum Gasteiger partial charge on any atom is 0.133 e. The number of para-hydroxylation sites is 2. The van der Waals surface area contributed by atoms with Crippen LogP contribution in [0, 0.1) is 6.92 Å². The van der Waals surface area contributed by atoms with Crippen LogP contribution in [0.4, 0.5) is 0 Å². The molecular weight excluding hydrogens is 276 g/mol. The molecule has 0 bridgehead atoms. The first-order valence-electron chi connectivity index (χ1n) is 7.90. The molecule has 22 heavy (non-hydrogen) atoms. The standard InChI is InChI=1S/C17H20N4O/c1-12-10-15(20-22-12)16-8-4-5-9-21(16)11-17-18-13-6-2-3-7-14(13)19-17/h2-3,6-7,10,16H,4-5,8-9,11H2,1H3,(H,18,19). The van der Waals surface area contributed by atoms with Crippen molar-refractivity contribution in [3.05, 3.63) is 47.6 Å². The minimum absolute atomic E-state index is 0.333. The number of rotatable bonds is 3. The fraction of sp³-hybridized carbons (Fsp3) is 0.412. The average molecular weight is 296 g/mol. The van der Waals surface area contributed by atoms with Gasteiger partial charge >= 0.3 is 0 Å². The van der Waals surface area contributed by atoms with Gasteiger partial charge in [-0.1, -0.05) is 23.7 Å². The third kappa shape index (κ3) is 2.52. The van der Waals surface area contributed by atoms with Gasteiger partial charge in [0.25, 0.3) is 0 Å². The maximum absolute atomic E-state index is 5.26. The second kappa shape index (κ2) is 5.57. The summed E-state index contributed by atoms with van der Waals surface area (Å²) in [5.74, 6) is 1.90. The molecule has 1 N–H and O–H groups in total. The van der Waals surface area contributed by atoms with Crippen LogP contribution >= 0.6 is 0 Å². The number of fused-ring (bicyclic) bond motifs is 1. The van der Waals surface area contributed by atoms with Crippen molar-refractivity contribution in [2.45, 2.75) is 38.8 Å². The number of nitrogens with one attached hydrogen (secondary N) is 1. The van der Waals surface area contributed by atoms with Crippen molar-refractivity contribution in [1.82, 2.24) is 20.0 Å². The van der Waals surface area contributed by atoms with E-state index in [0.29, 0.717) is 6.04 Å². The number of H-pyrrole nitrogens is 1. The van der Waals surface area contributed by atoms with E-state index in [9.17, 15) is 0 Å². The van der Waals surface area contributed by atoms with Crippen molar-refractivity contribution in [3.63, 3.8) is 0 Å². The van der Waals surface area contributed by atoms with Crippen molar-refractivity contribution >= 4 is 11.0 Å². The van der Waals surface area contributed by atoms with Gasteiger partial charge in [0.1, 0.15) is 17.3 Å². The lowest BCUT2D eigenvalue weighted by Crippen LogP contribution is -2.33. The van der Waals surface area contributed by atoms with E-state index in [-0.39, 0.29) is 0 Å². The molecule has 0 aliphatic carbocycles. The van der Waals surface area contributed by atoms with Crippen molar-refractivity contribution in [2.75, 3.05) is 6.54 Å². The summed E-state index contributed by atoms with van der Waals surface area (Å²) in [6, 6.07) is 10.6. The van der Waals surface area contributed by atoms with Crippen LogP contribution < -0.4 is 0 Å². The number of imidazole rings is 1. The van der Waals surface area contributed by atoms with Crippen LogP contribution in [0.3, 0.4) is 0 Å². The van der Waals surface area contributed by atoms with E-state index in [4.69, 9.17) is 9.51 Å². The Labute approximate surface area is 129 Å². The lowest BCUT2D eigenvalue weighted by Gasteiger charge is -2.33. The molecule has 4 rings (SSSR count). The molecule has 0 amide bonds. The van der Waals surface area contributed by atoms with E-state index in [0.717, 1.165) is 47.8 Å². The van der Waals surface area contributed by atoms with Crippen LogP contribution in [-0.2, 0) is 6.54 Å². The minimum atomic E-state index is 0.333. The Bertz CT molecular complexity index is 743. The molecule has 2 aromatic heterocycles. The number of piperidine rings is 1.